The third-order valence-corrected chi connectivity index (χ3v) is 2.53. The Morgan fingerprint density at radius 2 is 2.00 bits per heavy atom. The third kappa shape index (κ3) is 2.20. The number of amides is 3. The predicted molar refractivity (Wildman–Crippen MR) is 49.2 cm³/mol. The summed E-state index contributed by atoms with van der Waals surface area (Å²) in [4.78, 5) is 23.7. The molecule has 1 aliphatic heterocycles. The summed E-state index contributed by atoms with van der Waals surface area (Å²) in [5.74, 6) is 0.338. The largest absolute Gasteiger partial charge is 0.329 e. The summed E-state index contributed by atoms with van der Waals surface area (Å²) in [6.07, 6.45) is 2.02. The van der Waals surface area contributed by atoms with Crippen molar-refractivity contribution in [3.63, 3.8) is 0 Å². The van der Waals surface area contributed by atoms with Crippen LogP contribution in [0.3, 0.4) is 0 Å². The minimum Gasteiger partial charge on any atom is -0.329 e. The molecule has 13 heavy (non-hydrogen) atoms. The summed E-state index contributed by atoms with van der Waals surface area (Å²) in [7, 11) is 0. The average Bonchev–Trinajstić information content (AvgIpc) is 2.44. The summed E-state index contributed by atoms with van der Waals surface area (Å²) in [5.41, 5.74) is 0. The monoisotopic (exact) mass is 184 g/mol. The van der Waals surface area contributed by atoms with Crippen molar-refractivity contribution in [3.05, 3.63) is 0 Å². The van der Waals surface area contributed by atoms with Crippen molar-refractivity contribution >= 4 is 11.9 Å². The molecular formula is C9H16N2O2. The Labute approximate surface area is 78.3 Å². The van der Waals surface area contributed by atoms with Gasteiger partial charge in [0.05, 0.1) is 6.54 Å². The summed E-state index contributed by atoms with van der Waals surface area (Å²) < 4.78 is 0. The summed E-state index contributed by atoms with van der Waals surface area (Å²) in [5, 5.41) is 2.51. The van der Waals surface area contributed by atoms with Crippen molar-refractivity contribution in [1.82, 2.24) is 10.2 Å². The van der Waals surface area contributed by atoms with E-state index < -0.39 is 0 Å². The number of urea groups is 1. The molecule has 1 fully saturated rings. The lowest BCUT2D eigenvalue weighted by Crippen LogP contribution is -2.35. The molecule has 0 radical (unpaired) electrons. The van der Waals surface area contributed by atoms with Crippen molar-refractivity contribution < 1.29 is 9.59 Å². The van der Waals surface area contributed by atoms with E-state index in [9.17, 15) is 9.59 Å². The van der Waals surface area contributed by atoms with Crippen molar-refractivity contribution in [2.45, 2.75) is 26.7 Å². The first kappa shape index (κ1) is 10.0. The first-order chi connectivity index (χ1) is 6.19. The molecule has 1 rings (SSSR count). The highest BCUT2D eigenvalue weighted by Gasteiger charge is 2.29. The van der Waals surface area contributed by atoms with E-state index in [1.807, 2.05) is 0 Å². The van der Waals surface area contributed by atoms with Gasteiger partial charge in [0.15, 0.2) is 0 Å². The molecule has 1 N–H and O–H groups in total. The molecular weight excluding hydrogens is 168 g/mol. The predicted octanol–water partition coefficient (Wildman–Crippen LogP) is 0.974. The molecule has 4 heteroatoms. The van der Waals surface area contributed by atoms with E-state index in [1.165, 1.54) is 4.90 Å². The van der Waals surface area contributed by atoms with Gasteiger partial charge in [-0.25, -0.2) is 4.79 Å². The number of carbonyl (C=O) groups excluding carboxylic acids is 2. The molecule has 4 nitrogen and oxygen atoms in total. The fourth-order valence-corrected chi connectivity index (χ4v) is 1.45. The van der Waals surface area contributed by atoms with Crippen molar-refractivity contribution in [1.29, 1.82) is 0 Å². The highest BCUT2D eigenvalue weighted by Crippen LogP contribution is 2.11. The standard InChI is InChI=1S/C9H16N2O2/c1-3-7(4-2)6-11-8(12)5-10-9(11)13/h7H,3-6H2,1-2H3,(H,10,13). The van der Waals surface area contributed by atoms with E-state index in [4.69, 9.17) is 0 Å². The molecule has 0 saturated carbocycles. The van der Waals surface area contributed by atoms with Crippen LogP contribution in [0.2, 0.25) is 0 Å². The molecule has 1 aliphatic rings. The zero-order valence-corrected chi connectivity index (χ0v) is 8.17. The molecule has 0 aromatic carbocycles. The highest BCUT2D eigenvalue weighted by atomic mass is 16.2. The lowest BCUT2D eigenvalue weighted by atomic mass is 10.0. The van der Waals surface area contributed by atoms with Gasteiger partial charge in [0.2, 0.25) is 5.91 Å². The lowest BCUT2D eigenvalue weighted by molar-refractivity contribution is -0.125. The second kappa shape index (κ2) is 4.25. The topological polar surface area (TPSA) is 49.4 Å². The van der Waals surface area contributed by atoms with Gasteiger partial charge in [0, 0.05) is 6.54 Å². The number of hydrogen-bond donors (Lipinski definition) is 1. The fraction of sp³-hybridized carbons (Fsp3) is 0.778. The van der Waals surface area contributed by atoms with E-state index in [-0.39, 0.29) is 18.5 Å². The van der Waals surface area contributed by atoms with Gasteiger partial charge in [-0.2, -0.15) is 0 Å². The first-order valence-corrected chi connectivity index (χ1v) is 4.77. The van der Waals surface area contributed by atoms with Gasteiger partial charge in [-0.3, -0.25) is 9.69 Å². The van der Waals surface area contributed by atoms with E-state index in [0.29, 0.717) is 12.5 Å². The molecule has 3 amide bonds. The van der Waals surface area contributed by atoms with Gasteiger partial charge in [0.25, 0.3) is 0 Å². The number of imide groups is 1. The van der Waals surface area contributed by atoms with E-state index in [1.54, 1.807) is 0 Å². The minimum atomic E-state index is -0.239. The summed E-state index contributed by atoms with van der Waals surface area (Å²) >= 11 is 0. The maximum Gasteiger partial charge on any atom is 0.324 e. The summed E-state index contributed by atoms with van der Waals surface area (Å²) in [6, 6.07) is -0.239. The SMILES string of the molecule is CCC(CC)CN1C(=O)CNC1=O. The molecule has 74 valence electrons. The van der Waals surface area contributed by atoms with Gasteiger partial charge in [0.1, 0.15) is 0 Å². The Hall–Kier alpha value is -1.06. The smallest absolute Gasteiger partial charge is 0.324 e. The Morgan fingerprint density at radius 1 is 1.38 bits per heavy atom. The lowest BCUT2D eigenvalue weighted by Gasteiger charge is -2.18. The molecule has 1 saturated heterocycles. The molecule has 0 aliphatic carbocycles. The van der Waals surface area contributed by atoms with Crippen LogP contribution in [0, 0.1) is 5.92 Å². The van der Waals surface area contributed by atoms with Crippen LogP contribution in [0.25, 0.3) is 0 Å². The van der Waals surface area contributed by atoms with Gasteiger partial charge in [-0.05, 0) is 5.92 Å². The van der Waals surface area contributed by atoms with E-state index in [2.05, 4.69) is 19.2 Å². The van der Waals surface area contributed by atoms with Crippen LogP contribution < -0.4 is 5.32 Å². The Balaban J connectivity index is 2.51. The Kier molecular flexibility index (Phi) is 3.28. The van der Waals surface area contributed by atoms with Crippen LogP contribution in [-0.2, 0) is 4.79 Å². The maximum absolute atomic E-state index is 11.2. The van der Waals surface area contributed by atoms with Gasteiger partial charge in [-0.15, -0.1) is 0 Å². The molecule has 0 unspecified atom stereocenters. The molecule has 0 atom stereocenters. The molecule has 0 aromatic heterocycles. The van der Waals surface area contributed by atoms with Crippen LogP contribution in [0.1, 0.15) is 26.7 Å². The number of nitrogens with one attached hydrogen (secondary N) is 1. The van der Waals surface area contributed by atoms with Gasteiger partial charge in [-0.1, -0.05) is 26.7 Å². The van der Waals surface area contributed by atoms with Crippen LogP contribution in [-0.4, -0.2) is 29.9 Å². The number of hydrogen-bond acceptors (Lipinski definition) is 2. The van der Waals surface area contributed by atoms with Crippen LogP contribution in [0.5, 0.6) is 0 Å². The average molecular weight is 184 g/mol. The zero-order chi connectivity index (χ0) is 9.84. The third-order valence-electron chi connectivity index (χ3n) is 2.53. The van der Waals surface area contributed by atoms with E-state index in [0.717, 1.165) is 12.8 Å². The number of nitrogens with zero attached hydrogens (tertiary/aromatic N) is 1. The quantitative estimate of drug-likeness (QED) is 0.662. The Bertz CT molecular complexity index is 196. The van der Waals surface area contributed by atoms with Crippen molar-refractivity contribution in [2.75, 3.05) is 13.1 Å². The highest BCUT2D eigenvalue weighted by molar-refractivity contribution is 6.01. The number of carbonyl (C=O) groups is 2. The second-order valence-electron chi connectivity index (χ2n) is 3.35. The van der Waals surface area contributed by atoms with Crippen molar-refractivity contribution in [3.8, 4) is 0 Å². The van der Waals surface area contributed by atoms with Gasteiger partial charge >= 0.3 is 6.03 Å². The van der Waals surface area contributed by atoms with Gasteiger partial charge < -0.3 is 5.32 Å². The maximum atomic E-state index is 11.2. The molecule has 0 spiro atoms. The summed E-state index contributed by atoms with van der Waals surface area (Å²) in [6.45, 7) is 4.88. The van der Waals surface area contributed by atoms with Crippen LogP contribution in [0.4, 0.5) is 4.79 Å². The Morgan fingerprint density at radius 3 is 2.38 bits per heavy atom. The second-order valence-corrected chi connectivity index (χ2v) is 3.35. The number of rotatable bonds is 4. The fourth-order valence-electron chi connectivity index (χ4n) is 1.45. The molecule has 1 heterocycles. The molecule has 0 bridgehead atoms. The zero-order valence-electron chi connectivity index (χ0n) is 8.17. The van der Waals surface area contributed by atoms with Crippen LogP contribution >= 0.6 is 0 Å². The first-order valence-electron chi connectivity index (χ1n) is 4.77. The van der Waals surface area contributed by atoms with E-state index >= 15 is 0 Å². The molecule has 0 aromatic rings. The minimum absolute atomic E-state index is 0.100. The van der Waals surface area contributed by atoms with Crippen LogP contribution in [0.15, 0.2) is 0 Å². The van der Waals surface area contributed by atoms with Crippen molar-refractivity contribution in [2.24, 2.45) is 5.92 Å². The normalized spacial score (nSPS) is 17.0.